The van der Waals surface area contributed by atoms with Crippen LogP contribution in [0.15, 0.2) is 54.9 Å². The number of fused-ring (bicyclic) bond motifs is 1. The average Bonchev–Trinajstić information content (AvgIpc) is 3.45. The van der Waals surface area contributed by atoms with Crippen molar-refractivity contribution in [3.8, 4) is 17.0 Å². The lowest BCUT2D eigenvalue weighted by Gasteiger charge is -2.41. The smallest absolute Gasteiger partial charge is 0.227 e. The first-order valence-corrected chi connectivity index (χ1v) is 15.3. The first-order chi connectivity index (χ1) is 20.9. The van der Waals surface area contributed by atoms with Gasteiger partial charge in [-0.25, -0.2) is 14.6 Å². The number of nitrogens with two attached hydrogens (primary N) is 1. The molecule has 0 unspecified atom stereocenters. The third kappa shape index (κ3) is 6.07. The summed E-state index contributed by atoms with van der Waals surface area (Å²) < 4.78 is 7.86. The van der Waals surface area contributed by atoms with Crippen molar-refractivity contribution in [2.75, 3.05) is 58.0 Å². The molecule has 1 aliphatic heterocycles. The number of benzene rings is 2. The van der Waals surface area contributed by atoms with E-state index in [0.717, 1.165) is 79.7 Å². The first kappa shape index (κ1) is 29.1. The highest BCUT2D eigenvalue weighted by Crippen LogP contribution is 2.39. The summed E-state index contributed by atoms with van der Waals surface area (Å²) in [5.74, 6) is 1.03. The number of nitrogens with zero attached hydrogens (tertiary/aromatic N) is 7. The van der Waals surface area contributed by atoms with Gasteiger partial charge in [-0.05, 0) is 56.8 Å². The highest BCUT2D eigenvalue weighted by atomic mass is 16.5. The molecule has 10 heteroatoms. The second-order valence-electron chi connectivity index (χ2n) is 11.9. The SMILES string of the molecule is COc1cc(-c2nn([C@H]3CC[C@@H](N4CCN(C)CC4)CC3)c3ncnc(N)c23)ccc1N(C)C(=O)CCc1ccccc1. The number of carbonyl (C=O) groups is 1. The van der Waals surface area contributed by atoms with Gasteiger partial charge in [-0.15, -0.1) is 0 Å². The van der Waals surface area contributed by atoms with Crippen LogP contribution in [0, 0.1) is 0 Å². The van der Waals surface area contributed by atoms with E-state index in [4.69, 9.17) is 15.6 Å². The van der Waals surface area contributed by atoms with Crippen molar-refractivity contribution < 1.29 is 9.53 Å². The Morgan fingerprint density at radius 1 is 1.00 bits per heavy atom. The van der Waals surface area contributed by atoms with E-state index in [1.165, 1.54) is 6.33 Å². The van der Waals surface area contributed by atoms with Crippen LogP contribution in [-0.4, -0.2) is 88.9 Å². The van der Waals surface area contributed by atoms with Crippen LogP contribution in [-0.2, 0) is 11.2 Å². The molecule has 1 amide bonds. The minimum Gasteiger partial charge on any atom is -0.495 e. The minimum absolute atomic E-state index is 0.0226. The number of aryl methyl sites for hydroxylation is 1. The van der Waals surface area contributed by atoms with Gasteiger partial charge in [0.25, 0.3) is 0 Å². The molecule has 226 valence electrons. The van der Waals surface area contributed by atoms with Crippen LogP contribution in [0.2, 0.25) is 0 Å². The molecule has 3 heterocycles. The summed E-state index contributed by atoms with van der Waals surface area (Å²) in [4.78, 5) is 28.8. The molecule has 10 nitrogen and oxygen atoms in total. The molecule has 0 spiro atoms. The van der Waals surface area contributed by atoms with Crippen LogP contribution >= 0.6 is 0 Å². The van der Waals surface area contributed by atoms with Crippen LogP contribution in [0.5, 0.6) is 5.75 Å². The molecular weight excluding hydrogens is 540 g/mol. The largest absolute Gasteiger partial charge is 0.495 e. The average molecular weight is 583 g/mol. The number of ether oxygens (including phenoxy) is 1. The number of amides is 1. The predicted molar refractivity (Wildman–Crippen MR) is 170 cm³/mol. The van der Waals surface area contributed by atoms with Crippen LogP contribution in [0.1, 0.15) is 43.7 Å². The highest BCUT2D eigenvalue weighted by molar-refractivity contribution is 5.99. The van der Waals surface area contributed by atoms with Crippen LogP contribution in [0.25, 0.3) is 22.3 Å². The molecular formula is C33H42N8O2. The molecule has 0 atom stereocenters. The summed E-state index contributed by atoms with van der Waals surface area (Å²) in [7, 11) is 5.62. The van der Waals surface area contributed by atoms with Gasteiger partial charge in [0.1, 0.15) is 23.6 Å². The van der Waals surface area contributed by atoms with Gasteiger partial charge in [0.2, 0.25) is 5.91 Å². The fraction of sp³-hybridized carbons (Fsp3) is 0.455. The number of aromatic nitrogens is 4. The number of piperazine rings is 1. The Bertz CT molecular complexity index is 1560. The summed E-state index contributed by atoms with van der Waals surface area (Å²) >= 11 is 0. The summed E-state index contributed by atoms with van der Waals surface area (Å²) in [5.41, 5.74) is 10.6. The van der Waals surface area contributed by atoms with Gasteiger partial charge in [0.05, 0.1) is 24.2 Å². The Morgan fingerprint density at radius 3 is 2.44 bits per heavy atom. The maximum atomic E-state index is 13.1. The Kier molecular flexibility index (Phi) is 8.58. The molecule has 43 heavy (non-hydrogen) atoms. The number of hydrogen-bond acceptors (Lipinski definition) is 8. The number of hydrogen-bond donors (Lipinski definition) is 1. The lowest BCUT2D eigenvalue weighted by Crippen LogP contribution is -2.49. The fourth-order valence-corrected chi connectivity index (χ4v) is 6.61. The molecule has 4 aromatic rings. The molecule has 1 saturated heterocycles. The molecule has 0 radical (unpaired) electrons. The Balaban J connectivity index is 1.23. The normalized spacial score (nSPS) is 19.9. The zero-order valence-corrected chi connectivity index (χ0v) is 25.4. The summed E-state index contributed by atoms with van der Waals surface area (Å²) in [6.45, 7) is 4.58. The maximum absolute atomic E-state index is 13.1. The lowest BCUT2D eigenvalue weighted by atomic mass is 9.90. The van der Waals surface area contributed by atoms with Crippen molar-refractivity contribution in [3.63, 3.8) is 0 Å². The van der Waals surface area contributed by atoms with Crippen molar-refractivity contribution in [1.29, 1.82) is 0 Å². The van der Waals surface area contributed by atoms with Gasteiger partial charge in [0, 0.05) is 51.3 Å². The third-order valence-corrected chi connectivity index (χ3v) is 9.24. The van der Waals surface area contributed by atoms with Gasteiger partial charge < -0.3 is 20.3 Å². The van der Waals surface area contributed by atoms with Gasteiger partial charge in [-0.3, -0.25) is 9.69 Å². The van der Waals surface area contributed by atoms with Crippen molar-refractivity contribution >= 4 is 28.4 Å². The van der Waals surface area contributed by atoms with E-state index >= 15 is 0 Å². The Hall–Kier alpha value is -4.02. The number of anilines is 2. The van der Waals surface area contributed by atoms with E-state index in [9.17, 15) is 4.79 Å². The first-order valence-electron chi connectivity index (χ1n) is 15.3. The highest BCUT2D eigenvalue weighted by Gasteiger charge is 2.31. The van der Waals surface area contributed by atoms with Crippen LogP contribution in [0.4, 0.5) is 11.5 Å². The van der Waals surface area contributed by atoms with Gasteiger partial charge in [-0.2, -0.15) is 5.10 Å². The van der Waals surface area contributed by atoms with Crippen molar-refractivity contribution in [3.05, 3.63) is 60.4 Å². The molecule has 2 aromatic carbocycles. The lowest BCUT2D eigenvalue weighted by molar-refractivity contribution is -0.118. The van der Waals surface area contributed by atoms with Crippen molar-refractivity contribution in [1.82, 2.24) is 29.5 Å². The molecule has 2 aliphatic rings. The van der Waals surface area contributed by atoms with E-state index in [1.807, 2.05) is 48.5 Å². The third-order valence-electron chi connectivity index (χ3n) is 9.24. The maximum Gasteiger partial charge on any atom is 0.227 e. The molecule has 2 fully saturated rings. The van der Waals surface area contributed by atoms with E-state index in [2.05, 4.69) is 31.5 Å². The van der Waals surface area contributed by atoms with Gasteiger partial charge in [0.15, 0.2) is 5.65 Å². The number of methoxy groups -OCH3 is 1. The van der Waals surface area contributed by atoms with E-state index in [-0.39, 0.29) is 11.9 Å². The van der Waals surface area contributed by atoms with E-state index in [1.54, 1.807) is 19.1 Å². The van der Waals surface area contributed by atoms with Crippen LogP contribution in [0.3, 0.4) is 0 Å². The number of likely N-dealkylation sites (N-methyl/N-ethyl adjacent to an activating group) is 1. The standard InChI is InChI=1S/C33H42N8O2/c1-38-17-19-40(20-18-38)25-11-13-26(14-12-25)41-33-30(32(34)35-22-36-33)31(37-41)24-10-15-27(28(21-24)43-3)39(2)29(42)16-9-23-7-5-4-6-8-23/h4-8,10,15,21-22,25-26H,9,11-14,16-20H2,1-3H3,(H2,34,35,36)/t25-,26+. The van der Waals surface area contributed by atoms with E-state index < -0.39 is 0 Å². The quantitative estimate of drug-likeness (QED) is 0.326. The zero-order valence-electron chi connectivity index (χ0n) is 25.4. The van der Waals surface area contributed by atoms with E-state index in [0.29, 0.717) is 36.1 Å². The monoisotopic (exact) mass is 582 g/mol. The fourth-order valence-electron chi connectivity index (χ4n) is 6.61. The molecule has 1 saturated carbocycles. The summed E-state index contributed by atoms with van der Waals surface area (Å²) in [6, 6.07) is 16.8. The molecule has 2 N–H and O–H groups in total. The minimum atomic E-state index is 0.0226. The van der Waals surface area contributed by atoms with Gasteiger partial charge >= 0.3 is 0 Å². The van der Waals surface area contributed by atoms with Gasteiger partial charge in [-0.1, -0.05) is 36.4 Å². The second kappa shape index (κ2) is 12.7. The zero-order chi connectivity index (χ0) is 29.9. The molecule has 0 bridgehead atoms. The molecule has 2 aromatic heterocycles. The van der Waals surface area contributed by atoms with Crippen LogP contribution < -0.4 is 15.4 Å². The summed E-state index contributed by atoms with van der Waals surface area (Å²) in [6.07, 6.45) is 7.02. The number of nitrogen functional groups attached to an aromatic ring is 1. The summed E-state index contributed by atoms with van der Waals surface area (Å²) in [5, 5.41) is 5.87. The number of rotatable bonds is 8. The number of carbonyl (C=O) groups excluding carboxylic acids is 1. The second-order valence-corrected chi connectivity index (χ2v) is 11.9. The Morgan fingerprint density at radius 2 is 1.72 bits per heavy atom. The molecule has 6 rings (SSSR count). The van der Waals surface area contributed by atoms with Crippen molar-refractivity contribution in [2.24, 2.45) is 0 Å². The predicted octanol–water partition coefficient (Wildman–Crippen LogP) is 4.41. The molecule has 1 aliphatic carbocycles. The van der Waals surface area contributed by atoms with Crippen molar-refractivity contribution in [2.45, 2.75) is 50.6 Å². The topological polar surface area (TPSA) is 106 Å². The Labute approximate surface area is 253 Å².